The van der Waals surface area contributed by atoms with Gasteiger partial charge in [-0.05, 0) is 36.2 Å². The highest BCUT2D eigenvalue weighted by atomic mass is 127. The molecule has 3 rings (SSSR count). The van der Waals surface area contributed by atoms with Crippen molar-refractivity contribution in [1.82, 2.24) is 20.4 Å². The molecule has 28 heavy (non-hydrogen) atoms. The summed E-state index contributed by atoms with van der Waals surface area (Å²) in [6.07, 6.45) is 4.80. The standard InChI is InChI=1S/C21H25N5O.HI/c1-22-21(23-13-12-17-8-10-20(27-2)11-9-17)24-14-18-15-25-26(16-18)19-6-4-3-5-7-19;/h3-11,15-16H,12-14H2,1-2H3,(H2,22,23,24);1H. The summed E-state index contributed by atoms with van der Waals surface area (Å²) in [4.78, 5) is 4.27. The number of hydrogen-bond acceptors (Lipinski definition) is 3. The second-order valence-electron chi connectivity index (χ2n) is 6.08. The molecule has 2 aromatic carbocycles. The van der Waals surface area contributed by atoms with Crippen molar-refractivity contribution in [1.29, 1.82) is 0 Å². The highest BCUT2D eigenvalue weighted by Gasteiger charge is 2.03. The molecule has 0 saturated heterocycles. The lowest BCUT2D eigenvalue weighted by Gasteiger charge is -2.11. The number of nitrogens with zero attached hydrogens (tertiary/aromatic N) is 3. The molecule has 0 aliphatic carbocycles. The molecule has 7 heteroatoms. The molecule has 0 saturated carbocycles. The Balaban J connectivity index is 0.00000280. The maximum absolute atomic E-state index is 5.18. The second kappa shape index (κ2) is 11.3. The second-order valence-corrected chi connectivity index (χ2v) is 6.08. The minimum atomic E-state index is 0. The summed E-state index contributed by atoms with van der Waals surface area (Å²) in [7, 11) is 3.45. The van der Waals surface area contributed by atoms with Crippen LogP contribution in [0.2, 0.25) is 0 Å². The number of methoxy groups -OCH3 is 1. The zero-order valence-corrected chi connectivity index (χ0v) is 18.5. The van der Waals surface area contributed by atoms with Gasteiger partial charge in [-0.2, -0.15) is 5.10 Å². The lowest BCUT2D eigenvalue weighted by molar-refractivity contribution is 0.414. The normalized spacial score (nSPS) is 10.9. The first-order chi connectivity index (χ1) is 13.3. The predicted molar refractivity (Wildman–Crippen MR) is 124 cm³/mol. The largest absolute Gasteiger partial charge is 0.497 e. The minimum absolute atomic E-state index is 0. The molecular weight excluding hydrogens is 465 g/mol. The Morgan fingerprint density at radius 1 is 1.04 bits per heavy atom. The first-order valence-corrected chi connectivity index (χ1v) is 8.95. The fourth-order valence-electron chi connectivity index (χ4n) is 2.70. The fraction of sp³-hybridized carbons (Fsp3) is 0.238. The van der Waals surface area contributed by atoms with Crippen molar-refractivity contribution in [3.05, 3.63) is 78.1 Å². The molecule has 0 bridgehead atoms. The molecule has 148 valence electrons. The van der Waals surface area contributed by atoms with Crippen LogP contribution in [0.3, 0.4) is 0 Å². The zero-order chi connectivity index (χ0) is 18.9. The van der Waals surface area contributed by atoms with E-state index in [4.69, 9.17) is 4.74 Å². The van der Waals surface area contributed by atoms with E-state index < -0.39 is 0 Å². The van der Waals surface area contributed by atoms with Crippen LogP contribution in [0.1, 0.15) is 11.1 Å². The summed E-state index contributed by atoms with van der Waals surface area (Å²) in [5.41, 5.74) is 3.39. The summed E-state index contributed by atoms with van der Waals surface area (Å²) in [5, 5.41) is 11.1. The molecule has 0 aliphatic rings. The molecule has 0 amide bonds. The van der Waals surface area contributed by atoms with Gasteiger partial charge in [0.15, 0.2) is 5.96 Å². The van der Waals surface area contributed by atoms with Gasteiger partial charge >= 0.3 is 0 Å². The Bertz CT molecular complexity index is 862. The van der Waals surface area contributed by atoms with E-state index in [2.05, 4.69) is 32.9 Å². The number of ether oxygens (including phenoxy) is 1. The van der Waals surface area contributed by atoms with Crippen LogP contribution in [-0.2, 0) is 13.0 Å². The third kappa shape index (κ3) is 6.26. The number of aliphatic imine (C=N–C) groups is 1. The van der Waals surface area contributed by atoms with Gasteiger partial charge < -0.3 is 15.4 Å². The van der Waals surface area contributed by atoms with Crippen molar-refractivity contribution in [2.75, 3.05) is 20.7 Å². The van der Waals surface area contributed by atoms with Gasteiger partial charge in [-0.25, -0.2) is 4.68 Å². The summed E-state index contributed by atoms with van der Waals surface area (Å²) in [5.74, 6) is 1.65. The van der Waals surface area contributed by atoms with Crippen LogP contribution >= 0.6 is 24.0 Å². The average molecular weight is 491 g/mol. The lowest BCUT2D eigenvalue weighted by Crippen LogP contribution is -2.37. The smallest absolute Gasteiger partial charge is 0.191 e. The molecule has 0 aliphatic heterocycles. The Labute approximate surface area is 183 Å². The average Bonchev–Trinajstić information content (AvgIpc) is 3.21. The van der Waals surface area contributed by atoms with Crippen molar-refractivity contribution in [3.8, 4) is 11.4 Å². The third-order valence-corrected chi connectivity index (χ3v) is 4.21. The first kappa shape index (κ1) is 21.7. The number of nitrogens with one attached hydrogen (secondary N) is 2. The van der Waals surface area contributed by atoms with Gasteiger partial charge in [0.2, 0.25) is 0 Å². The van der Waals surface area contributed by atoms with Crippen LogP contribution < -0.4 is 15.4 Å². The quantitative estimate of drug-likeness (QED) is 0.302. The molecule has 1 aromatic heterocycles. The third-order valence-electron chi connectivity index (χ3n) is 4.21. The van der Waals surface area contributed by atoms with Gasteiger partial charge in [0.05, 0.1) is 19.0 Å². The zero-order valence-electron chi connectivity index (χ0n) is 16.1. The van der Waals surface area contributed by atoms with Gasteiger partial charge in [-0.3, -0.25) is 4.99 Å². The van der Waals surface area contributed by atoms with Gasteiger partial charge in [-0.15, -0.1) is 24.0 Å². The Hall–Kier alpha value is -2.55. The van der Waals surface area contributed by atoms with E-state index in [0.29, 0.717) is 6.54 Å². The van der Waals surface area contributed by atoms with Crippen molar-refractivity contribution >= 4 is 29.9 Å². The van der Waals surface area contributed by atoms with E-state index in [1.165, 1.54) is 5.56 Å². The van der Waals surface area contributed by atoms with Crippen molar-refractivity contribution in [2.45, 2.75) is 13.0 Å². The summed E-state index contributed by atoms with van der Waals surface area (Å²) in [6, 6.07) is 18.2. The van der Waals surface area contributed by atoms with Gasteiger partial charge in [0.1, 0.15) is 5.75 Å². The van der Waals surface area contributed by atoms with Crippen LogP contribution in [0.25, 0.3) is 5.69 Å². The Morgan fingerprint density at radius 3 is 2.46 bits per heavy atom. The molecule has 6 nitrogen and oxygen atoms in total. The highest BCUT2D eigenvalue weighted by molar-refractivity contribution is 14.0. The molecule has 0 radical (unpaired) electrons. The summed E-state index contributed by atoms with van der Waals surface area (Å²) in [6.45, 7) is 1.46. The number of guanidine groups is 1. The monoisotopic (exact) mass is 491 g/mol. The highest BCUT2D eigenvalue weighted by Crippen LogP contribution is 2.11. The summed E-state index contributed by atoms with van der Waals surface area (Å²) < 4.78 is 7.05. The Kier molecular flexibility index (Phi) is 8.80. The maximum atomic E-state index is 5.18. The maximum Gasteiger partial charge on any atom is 0.191 e. The first-order valence-electron chi connectivity index (χ1n) is 8.95. The van der Waals surface area contributed by atoms with Crippen LogP contribution in [0.15, 0.2) is 72.0 Å². The number of rotatable bonds is 7. The lowest BCUT2D eigenvalue weighted by atomic mass is 10.1. The van der Waals surface area contributed by atoms with E-state index in [9.17, 15) is 0 Å². The molecule has 1 heterocycles. The number of halogens is 1. The van der Waals surface area contributed by atoms with E-state index in [1.807, 2.05) is 59.5 Å². The van der Waals surface area contributed by atoms with Crippen LogP contribution in [0, 0.1) is 0 Å². The molecule has 0 unspecified atom stereocenters. The fourth-order valence-corrected chi connectivity index (χ4v) is 2.70. The van der Waals surface area contributed by atoms with Crippen LogP contribution in [0.5, 0.6) is 5.75 Å². The molecule has 0 spiro atoms. The minimum Gasteiger partial charge on any atom is -0.497 e. The molecular formula is C21H26IN5O. The molecule has 2 N–H and O–H groups in total. The summed E-state index contributed by atoms with van der Waals surface area (Å²) >= 11 is 0. The topological polar surface area (TPSA) is 63.5 Å². The van der Waals surface area contributed by atoms with E-state index >= 15 is 0 Å². The SMILES string of the molecule is CN=C(NCCc1ccc(OC)cc1)NCc1cnn(-c2ccccc2)c1.I. The molecule has 3 aromatic rings. The van der Waals surface area contributed by atoms with Crippen LogP contribution in [0.4, 0.5) is 0 Å². The number of para-hydroxylation sites is 1. The molecule has 0 fully saturated rings. The number of hydrogen-bond donors (Lipinski definition) is 2. The van der Waals surface area contributed by atoms with Gasteiger partial charge in [0.25, 0.3) is 0 Å². The number of benzene rings is 2. The van der Waals surface area contributed by atoms with Gasteiger partial charge in [-0.1, -0.05) is 30.3 Å². The van der Waals surface area contributed by atoms with Gasteiger partial charge in [0, 0.05) is 31.9 Å². The van der Waals surface area contributed by atoms with E-state index in [1.54, 1.807) is 14.2 Å². The van der Waals surface area contributed by atoms with Crippen molar-refractivity contribution in [2.24, 2.45) is 4.99 Å². The van der Waals surface area contributed by atoms with E-state index in [-0.39, 0.29) is 24.0 Å². The van der Waals surface area contributed by atoms with Crippen LogP contribution in [-0.4, -0.2) is 36.4 Å². The Morgan fingerprint density at radius 2 is 1.79 bits per heavy atom. The van der Waals surface area contributed by atoms with E-state index in [0.717, 1.165) is 35.9 Å². The van der Waals surface area contributed by atoms with Crippen molar-refractivity contribution < 1.29 is 4.74 Å². The molecule has 0 atom stereocenters. The predicted octanol–water partition coefficient (Wildman–Crippen LogP) is 3.41. The van der Waals surface area contributed by atoms with Crippen molar-refractivity contribution in [3.63, 3.8) is 0 Å². The number of aromatic nitrogens is 2.